The van der Waals surface area contributed by atoms with Gasteiger partial charge in [-0.15, -0.1) is 0 Å². The lowest BCUT2D eigenvalue weighted by Crippen LogP contribution is -2.35. The molecule has 2 fully saturated rings. The Balaban J connectivity index is 1.53. The molecule has 7 heteroatoms. The van der Waals surface area contributed by atoms with E-state index in [1.165, 1.54) is 25.3 Å². The molecule has 0 amide bonds. The summed E-state index contributed by atoms with van der Waals surface area (Å²) in [7, 11) is 0. The van der Waals surface area contributed by atoms with Crippen LogP contribution in [0.5, 0.6) is 5.75 Å². The lowest BCUT2D eigenvalue weighted by Gasteiger charge is -2.36. The maximum Gasteiger partial charge on any atom is 0.419 e. The number of phenolic OH excluding ortho intramolecular Hbond substituents is 1. The van der Waals surface area contributed by atoms with Crippen molar-refractivity contribution in [3.8, 4) is 16.9 Å². The number of pyridine rings is 1. The highest BCUT2D eigenvalue weighted by Gasteiger charge is 2.35. The van der Waals surface area contributed by atoms with E-state index in [0.717, 1.165) is 62.0 Å². The maximum absolute atomic E-state index is 13.5. The second-order valence-corrected chi connectivity index (χ2v) is 11.2. The first-order chi connectivity index (χ1) is 18.2. The predicted octanol–water partition coefficient (Wildman–Crippen LogP) is 8.26. The van der Waals surface area contributed by atoms with Crippen molar-refractivity contribution in [3.63, 3.8) is 0 Å². The van der Waals surface area contributed by atoms with Gasteiger partial charge in [0.1, 0.15) is 5.75 Å². The minimum absolute atomic E-state index is 0.0371. The van der Waals surface area contributed by atoms with Gasteiger partial charge in [-0.3, -0.25) is 9.78 Å². The Morgan fingerprint density at radius 1 is 1.08 bits per heavy atom. The van der Waals surface area contributed by atoms with E-state index < -0.39 is 17.5 Å². The molecule has 1 saturated heterocycles. The summed E-state index contributed by atoms with van der Waals surface area (Å²) in [4.78, 5) is 20.2. The molecular formula is C31H35F3N2O2. The third-order valence-electron chi connectivity index (χ3n) is 8.14. The normalized spacial score (nSPS) is 17.7. The van der Waals surface area contributed by atoms with Gasteiger partial charge in [-0.25, -0.2) is 0 Å². The van der Waals surface area contributed by atoms with Crippen LogP contribution in [0.2, 0.25) is 0 Å². The zero-order valence-corrected chi connectivity index (χ0v) is 22.0. The first-order valence-corrected chi connectivity index (χ1v) is 13.8. The van der Waals surface area contributed by atoms with Crippen molar-refractivity contribution in [2.75, 3.05) is 18.0 Å². The van der Waals surface area contributed by atoms with Crippen molar-refractivity contribution in [3.05, 3.63) is 53.7 Å². The van der Waals surface area contributed by atoms with Crippen LogP contribution in [0, 0.1) is 17.8 Å². The first-order valence-electron chi connectivity index (χ1n) is 13.8. The summed E-state index contributed by atoms with van der Waals surface area (Å²) in [6.45, 7) is 6.24. The van der Waals surface area contributed by atoms with Crippen LogP contribution in [0.15, 0.2) is 42.6 Å². The number of aromatic hydroxyl groups is 1. The number of carbonyl (C=O) groups excluding carboxylic acids is 1. The van der Waals surface area contributed by atoms with Crippen molar-refractivity contribution in [1.82, 2.24) is 4.98 Å². The largest absolute Gasteiger partial charge is 0.507 e. The van der Waals surface area contributed by atoms with Crippen molar-refractivity contribution >= 4 is 22.4 Å². The van der Waals surface area contributed by atoms with Gasteiger partial charge in [-0.2, -0.15) is 13.2 Å². The fourth-order valence-electron chi connectivity index (χ4n) is 5.96. The second kappa shape index (κ2) is 10.6. The Morgan fingerprint density at radius 3 is 2.42 bits per heavy atom. The standard InChI is InChI=1S/C31H35F3N2O2/c1-3-4-19(2)15-20-11-13-36(14-12-20)29-24-16-22(23-8-10-28(37)26(17-23)31(32,33)34)7-9-27(24)35-18-25(29)30(38)21-5-6-21/h7-10,16-21,37H,3-6,11-15H2,1-2H3. The molecule has 3 aromatic rings. The molecule has 1 aromatic heterocycles. The highest BCUT2D eigenvalue weighted by Crippen LogP contribution is 2.42. The van der Waals surface area contributed by atoms with Crippen LogP contribution in [0.3, 0.4) is 0 Å². The summed E-state index contributed by atoms with van der Waals surface area (Å²) in [5.74, 6) is 0.729. The SMILES string of the molecule is CCCC(C)CC1CCN(c2c(C(=O)C3CC3)cnc3ccc(-c4ccc(O)c(C(F)(F)F)c4)cc23)CC1. The van der Waals surface area contributed by atoms with Gasteiger partial charge in [0.15, 0.2) is 5.78 Å². The molecule has 1 N–H and O–H groups in total. The van der Waals surface area contributed by atoms with Gasteiger partial charge in [-0.1, -0.05) is 38.8 Å². The number of nitrogens with zero attached hydrogens (tertiary/aromatic N) is 2. The van der Waals surface area contributed by atoms with E-state index in [4.69, 9.17) is 0 Å². The van der Waals surface area contributed by atoms with Gasteiger partial charge in [0.05, 0.1) is 22.3 Å². The molecule has 0 radical (unpaired) electrons. The Bertz CT molecular complexity index is 1320. The number of phenols is 1. The van der Waals surface area contributed by atoms with Crippen molar-refractivity contribution in [2.45, 2.75) is 65.0 Å². The molecule has 2 aromatic carbocycles. The van der Waals surface area contributed by atoms with E-state index in [0.29, 0.717) is 34.0 Å². The van der Waals surface area contributed by atoms with E-state index in [1.807, 2.05) is 6.07 Å². The smallest absolute Gasteiger partial charge is 0.419 e. The lowest BCUT2D eigenvalue weighted by molar-refractivity contribution is -0.138. The fourth-order valence-corrected chi connectivity index (χ4v) is 5.96. The third-order valence-corrected chi connectivity index (χ3v) is 8.14. The number of carbonyl (C=O) groups is 1. The van der Waals surface area contributed by atoms with Crippen molar-refractivity contribution in [1.29, 1.82) is 0 Å². The topological polar surface area (TPSA) is 53.4 Å². The van der Waals surface area contributed by atoms with Crippen LogP contribution in [-0.4, -0.2) is 29.0 Å². The summed E-state index contributed by atoms with van der Waals surface area (Å²) in [6.07, 6.45) is 4.59. The van der Waals surface area contributed by atoms with Crippen LogP contribution in [0.4, 0.5) is 18.9 Å². The zero-order chi connectivity index (χ0) is 27.0. The highest BCUT2D eigenvalue weighted by atomic mass is 19.4. The van der Waals surface area contributed by atoms with Gasteiger partial charge in [0, 0.05) is 30.6 Å². The van der Waals surface area contributed by atoms with E-state index in [-0.39, 0.29) is 11.7 Å². The average molecular weight is 525 g/mol. The van der Waals surface area contributed by atoms with E-state index in [1.54, 1.807) is 18.3 Å². The molecular weight excluding hydrogens is 489 g/mol. The van der Waals surface area contributed by atoms with Crippen LogP contribution in [0.1, 0.15) is 74.7 Å². The van der Waals surface area contributed by atoms with Crippen LogP contribution < -0.4 is 4.90 Å². The molecule has 1 aliphatic carbocycles. The second-order valence-electron chi connectivity index (χ2n) is 11.2. The van der Waals surface area contributed by atoms with Gasteiger partial charge in [-0.05, 0) is 79.3 Å². The predicted molar refractivity (Wildman–Crippen MR) is 145 cm³/mol. The van der Waals surface area contributed by atoms with Gasteiger partial charge in [0.2, 0.25) is 0 Å². The number of halogens is 3. The molecule has 4 nitrogen and oxygen atoms in total. The Morgan fingerprint density at radius 2 is 1.76 bits per heavy atom. The quantitative estimate of drug-likeness (QED) is 0.301. The number of aromatic nitrogens is 1. The Labute approximate surface area is 221 Å². The summed E-state index contributed by atoms with van der Waals surface area (Å²) in [6, 6.07) is 8.95. The van der Waals surface area contributed by atoms with Crippen LogP contribution in [-0.2, 0) is 6.18 Å². The first kappa shape index (κ1) is 26.5. The number of ketones is 1. The highest BCUT2D eigenvalue weighted by molar-refractivity contribution is 6.10. The number of fused-ring (bicyclic) bond motifs is 1. The summed E-state index contributed by atoms with van der Waals surface area (Å²) in [5.41, 5.74) is 2.08. The maximum atomic E-state index is 13.5. The minimum atomic E-state index is -4.66. The lowest BCUT2D eigenvalue weighted by atomic mass is 9.85. The van der Waals surface area contributed by atoms with Crippen molar-refractivity contribution in [2.24, 2.45) is 17.8 Å². The third kappa shape index (κ3) is 5.52. The molecule has 0 bridgehead atoms. The monoisotopic (exact) mass is 524 g/mol. The Hall–Kier alpha value is -3.09. The van der Waals surface area contributed by atoms with Crippen molar-refractivity contribution < 1.29 is 23.1 Å². The summed E-state index contributed by atoms with van der Waals surface area (Å²) in [5, 5.41) is 10.6. The molecule has 1 unspecified atom stereocenters. The number of alkyl halides is 3. The number of Topliss-reactive ketones (excluding diaryl/α,β-unsaturated/α-hetero) is 1. The number of anilines is 1. The number of hydrogen-bond donors (Lipinski definition) is 1. The van der Waals surface area contributed by atoms with Crippen LogP contribution in [0.25, 0.3) is 22.0 Å². The van der Waals surface area contributed by atoms with E-state index in [9.17, 15) is 23.1 Å². The molecule has 38 heavy (non-hydrogen) atoms. The minimum Gasteiger partial charge on any atom is -0.507 e. The molecule has 1 atom stereocenters. The van der Waals surface area contributed by atoms with E-state index >= 15 is 0 Å². The molecule has 1 saturated carbocycles. The number of rotatable bonds is 8. The van der Waals surface area contributed by atoms with Gasteiger partial charge in [0.25, 0.3) is 0 Å². The molecule has 2 aliphatic rings. The van der Waals surface area contributed by atoms with E-state index in [2.05, 4.69) is 23.7 Å². The molecule has 2 heterocycles. The summed E-state index contributed by atoms with van der Waals surface area (Å²) < 4.78 is 40.4. The fraction of sp³-hybridized carbons (Fsp3) is 0.484. The molecule has 1 aliphatic heterocycles. The molecule has 5 rings (SSSR count). The number of benzene rings is 2. The summed E-state index contributed by atoms with van der Waals surface area (Å²) >= 11 is 0. The zero-order valence-electron chi connectivity index (χ0n) is 22.0. The van der Waals surface area contributed by atoms with Gasteiger partial charge >= 0.3 is 6.18 Å². The average Bonchev–Trinajstić information content (AvgIpc) is 3.73. The van der Waals surface area contributed by atoms with Gasteiger partial charge < -0.3 is 10.0 Å². The number of hydrogen-bond acceptors (Lipinski definition) is 4. The van der Waals surface area contributed by atoms with Crippen LogP contribution >= 0.6 is 0 Å². The molecule has 0 spiro atoms. The Kier molecular flexibility index (Phi) is 7.38. The number of piperidine rings is 1. The molecule has 202 valence electrons.